The molecule has 2 aliphatic heterocycles. The number of hydrogen-bond donors (Lipinski definition) is 2. The van der Waals surface area contributed by atoms with Gasteiger partial charge in [-0.15, -0.1) is 11.8 Å². The number of pyridine rings is 1. The highest BCUT2D eigenvalue weighted by Crippen LogP contribution is 2.36. The van der Waals surface area contributed by atoms with Crippen LogP contribution in [0, 0.1) is 0 Å². The Morgan fingerprint density at radius 3 is 2.78 bits per heavy atom. The maximum Gasteiger partial charge on any atom is 0.238 e. The van der Waals surface area contributed by atoms with Gasteiger partial charge >= 0.3 is 0 Å². The van der Waals surface area contributed by atoms with Crippen molar-refractivity contribution in [2.45, 2.75) is 35.8 Å². The van der Waals surface area contributed by atoms with Gasteiger partial charge in [-0.25, -0.2) is 4.98 Å². The van der Waals surface area contributed by atoms with Gasteiger partial charge in [-0.1, -0.05) is 12.1 Å². The predicted octanol–water partition coefficient (Wildman–Crippen LogP) is 3.51. The number of thioether (sulfide) groups is 1. The Morgan fingerprint density at radius 2 is 2.00 bits per heavy atom. The Hall–Kier alpha value is -2.54. The average molecular weight is 382 g/mol. The minimum Gasteiger partial charge on any atom is -0.357 e. The number of piperidine rings is 1. The second-order valence-corrected chi connectivity index (χ2v) is 8.04. The first-order chi connectivity index (χ1) is 13.2. The summed E-state index contributed by atoms with van der Waals surface area (Å²) in [5.41, 5.74) is 1.46. The molecule has 4 rings (SSSR count). The van der Waals surface area contributed by atoms with Gasteiger partial charge in [-0.2, -0.15) is 0 Å². The van der Waals surface area contributed by atoms with Crippen LogP contribution in [0.5, 0.6) is 0 Å². The normalized spacial score (nSPS) is 19.2. The van der Waals surface area contributed by atoms with Crippen LogP contribution in [0.2, 0.25) is 0 Å². The van der Waals surface area contributed by atoms with Crippen LogP contribution in [-0.2, 0) is 9.59 Å². The van der Waals surface area contributed by atoms with E-state index in [1.165, 1.54) is 31.0 Å². The number of para-hydroxylation sites is 1. The lowest BCUT2D eigenvalue weighted by Crippen LogP contribution is -2.32. The van der Waals surface area contributed by atoms with Gasteiger partial charge in [0.15, 0.2) is 0 Å². The molecule has 2 amide bonds. The number of fused-ring (bicyclic) bond motifs is 1. The lowest BCUT2D eigenvalue weighted by atomic mass is 10.1. The molecule has 7 heteroatoms. The number of carbonyl (C=O) groups is 2. The summed E-state index contributed by atoms with van der Waals surface area (Å²) in [7, 11) is 0. The largest absolute Gasteiger partial charge is 0.357 e. The topological polar surface area (TPSA) is 74.3 Å². The first-order valence-electron chi connectivity index (χ1n) is 9.26. The lowest BCUT2D eigenvalue weighted by Gasteiger charge is -2.27. The highest BCUT2D eigenvalue weighted by molar-refractivity contribution is 8.01. The third-order valence-electron chi connectivity index (χ3n) is 4.79. The number of hydrogen-bond acceptors (Lipinski definition) is 5. The molecular formula is C20H22N4O2S. The SMILES string of the molecule is O=C(CC1Sc2ccccc2NC1=O)Nc1ccc(N2CCCCC2)nc1. The standard InChI is InChI=1S/C20H22N4O2S/c25-19(12-17-20(26)23-15-6-2-3-7-16(15)27-17)22-14-8-9-18(21-13-14)24-10-4-1-5-11-24/h2-3,6-9,13,17H,1,4-5,10-12H2,(H,22,25)(H,23,26). The summed E-state index contributed by atoms with van der Waals surface area (Å²) in [5.74, 6) is 0.633. The van der Waals surface area contributed by atoms with Crippen LogP contribution in [0.25, 0.3) is 0 Å². The molecule has 2 N–H and O–H groups in total. The zero-order chi connectivity index (χ0) is 18.6. The van der Waals surface area contributed by atoms with Crippen molar-refractivity contribution in [1.29, 1.82) is 0 Å². The Morgan fingerprint density at radius 1 is 1.19 bits per heavy atom. The summed E-state index contributed by atoms with van der Waals surface area (Å²) in [6.07, 6.45) is 5.49. The first-order valence-corrected chi connectivity index (χ1v) is 10.1. The minimum atomic E-state index is -0.430. The summed E-state index contributed by atoms with van der Waals surface area (Å²) >= 11 is 1.43. The Bertz CT molecular complexity index is 834. The molecule has 0 saturated carbocycles. The Kier molecular flexibility index (Phi) is 5.29. The summed E-state index contributed by atoms with van der Waals surface area (Å²) in [6.45, 7) is 2.07. The number of carbonyl (C=O) groups excluding carboxylic acids is 2. The molecule has 0 radical (unpaired) electrons. The van der Waals surface area contributed by atoms with Crippen molar-refractivity contribution >= 4 is 40.8 Å². The van der Waals surface area contributed by atoms with Crippen LogP contribution in [0.1, 0.15) is 25.7 Å². The van der Waals surface area contributed by atoms with Crippen molar-refractivity contribution in [2.75, 3.05) is 28.6 Å². The van der Waals surface area contributed by atoms with Crippen LogP contribution >= 0.6 is 11.8 Å². The molecule has 1 saturated heterocycles. The summed E-state index contributed by atoms with van der Waals surface area (Å²) in [5, 5.41) is 5.29. The van der Waals surface area contributed by atoms with Gasteiger partial charge in [0, 0.05) is 24.4 Å². The second kappa shape index (κ2) is 8.00. The van der Waals surface area contributed by atoms with E-state index in [0.717, 1.165) is 29.5 Å². The van der Waals surface area contributed by atoms with Gasteiger partial charge < -0.3 is 15.5 Å². The van der Waals surface area contributed by atoms with Gasteiger partial charge in [0.1, 0.15) is 5.82 Å². The van der Waals surface area contributed by atoms with Gasteiger partial charge in [-0.3, -0.25) is 9.59 Å². The zero-order valence-electron chi connectivity index (χ0n) is 15.0. The monoisotopic (exact) mass is 382 g/mol. The van der Waals surface area contributed by atoms with Crippen LogP contribution < -0.4 is 15.5 Å². The fourth-order valence-electron chi connectivity index (χ4n) is 3.38. The van der Waals surface area contributed by atoms with Crippen LogP contribution in [0.4, 0.5) is 17.2 Å². The summed E-state index contributed by atoms with van der Waals surface area (Å²) in [4.78, 5) is 32.4. The molecule has 1 aromatic carbocycles. The second-order valence-electron chi connectivity index (χ2n) is 6.80. The van der Waals surface area contributed by atoms with E-state index in [1.807, 2.05) is 36.4 Å². The van der Waals surface area contributed by atoms with E-state index in [-0.39, 0.29) is 18.2 Å². The number of nitrogens with zero attached hydrogens (tertiary/aromatic N) is 2. The molecule has 0 bridgehead atoms. The molecule has 1 atom stereocenters. The van der Waals surface area contributed by atoms with Gasteiger partial charge in [0.2, 0.25) is 11.8 Å². The molecule has 2 aliphatic rings. The Labute approximate surface area is 162 Å². The zero-order valence-corrected chi connectivity index (χ0v) is 15.8. The van der Waals surface area contributed by atoms with E-state index >= 15 is 0 Å². The lowest BCUT2D eigenvalue weighted by molar-refractivity contribution is -0.120. The van der Waals surface area contributed by atoms with Crippen molar-refractivity contribution in [1.82, 2.24) is 4.98 Å². The van der Waals surface area contributed by atoms with E-state index in [2.05, 4.69) is 20.5 Å². The maximum absolute atomic E-state index is 12.4. The van der Waals surface area contributed by atoms with E-state index in [1.54, 1.807) is 6.20 Å². The van der Waals surface area contributed by atoms with Crippen LogP contribution in [0.15, 0.2) is 47.5 Å². The number of rotatable bonds is 4. The number of amides is 2. The highest BCUT2D eigenvalue weighted by atomic mass is 32.2. The minimum absolute atomic E-state index is 0.124. The fourth-order valence-corrected chi connectivity index (χ4v) is 4.49. The molecule has 27 heavy (non-hydrogen) atoms. The number of anilines is 3. The molecule has 0 spiro atoms. The van der Waals surface area contributed by atoms with E-state index in [9.17, 15) is 9.59 Å². The van der Waals surface area contributed by atoms with Crippen molar-refractivity contribution in [2.24, 2.45) is 0 Å². The number of aromatic nitrogens is 1. The predicted molar refractivity (Wildman–Crippen MR) is 108 cm³/mol. The van der Waals surface area contributed by atoms with Crippen molar-refractivity contribution < 1.29 is 9.59 Å². The van der Waals surface area contributed by atoms with Gasteiger partial charge in [0.25, 0.3) is 0 Å². The maximum atomic E-state index is 12.4. The van der Waals surface area contributed by atoms with E-state index in [4.69, 9.17) is 0 Å². The molecule has 1 fully saturated rings. The molecule has 0 aliphatic carbocycles. The molecule has 2 aromatic rings. The third-order valence-corrected chi connectivity index (χ3v) is 6.06. The average Bonchev–Trinajstić information content (AvgIpc) is 2.70. The first kappa shape index (κ1) is 17.9. The fraction of sp³-hybridized carbons (Fsp3) is 0.350. The van der Waals surface area contributed by atoms with Gasteiger partial charge in [0.05, 0.1) is 22.8 Å². The molecule has 140 valence electrons. The molecule has 1 unspecified atom stereocenters. The van der Waals surface area contributed by atoms with Crippen LogP contribution in [0.3, 0.4) is 0 Å². The van der Waals surface area contributed by atoms with E-state index in [0.29, 0.717) is 5.69 Å². The molecule has 3 heterocycles. The van der Waals surface area contributed by atoms with E-state index < -0.39 is 5.25 Å². The summed E-state index contributed by atoms with van der Waals surface area (Å²) in [6, 6.07) is 11.4. The number of nitrogens with one attached hydrogen (secondary N) is 2. The molecule has 6 nitrogen and oxygen atoms in total. The summed E-state index contributed by atoms with van der Waals surface area (Å²) < 4.78 is 0. The van der Waals surface area contributed by atoms with Crippen molar-refractivity contribution in [3.63, 3.8) is 0 Å². The highest BCUT2D eigenvalue weighted by Gasteiger charge is 2.28. The van der Waals surface area contributed by atoms with Crippen molar-refractivity contribution in [3.8, 4) is 0 Å². The van der Waals surface area contributed by atoms with Gasteiger partial charge in [-0.05, 0) is 43.5 Å². The molecule has 1 aromatic heterocycles. The van der Waals surface area contributed by atoms with Crippen LogP contribution in [-0.4, -0.2) is 35.1 Å². The van der Waals surface area contributed by atoms with Crippen molar-refractivity contribution in [3.05, 3.63) is 42.6 Å². The number of benzene rings is 1. The quantitative estimate of drug-likeness (QED) is 0.846. The Balaban J connectivity index is 1.35. The smallest absolute Gasteiger partial charge is 0.238 e. The third kappa shape index (κ3) is 4.24. The molecular weight excluding hydrogens is 360 g/mol.